The van der Waals surface area contributed by atoms with Gasteiger partial charge in [-0.15, -0.1) is 0 Å². The molecule has 0 aliphatic rings. The average Bonchev–Trinajstić information content (AvgIpc) is 3.12. The highest BCUT2D eigenvalue weighted by Crippen LogP contribution is 2.23. The van der Waals surface area contributed by atoms with E-state index in [-0.39, 0.29) is 12.5 Å². The van der Waals surface area contributed by atoms with Crippen LogP contribution in [0.3, 0.4) is 0 Å². The highest BCUT2D eigenvalue weighted by atomic mass is 19.1. The monoisotopic (exact) mass is 282 g/mol. The fraction of sp³-hybridized carbons (Fsp3) is 0.0667. The number of fused-ring (bicyclic) bond motifs is 2. The molecular formula is C15H11FN4O. The third kappa shape index (κ3) is 2.01. The largest absolute Gasteiger partial charge is 0.473 e. The number of nitrogens with one attached hydrogen (secondary N) is 1. The number of aromatic amines is 1. The Labute approximate surface area is 119 Å². The summed E-state index contributed by atoms with van der Waals surface area (Å²) in [4.78, 5) is 4.28. The maximum absolute atomic E-state index is 13.8. The molecule has 6 heteroatoms. The molecule has 0 saturated heterocycles. The fourth-order valence-electron chi connectivity index (χ4n) is 2.33. The number of nitrogens with zero attached hydrogens (tertiary/aromatic N) is 3. The smallest absolute Gasteiger partial charge is 0.166 e. The first-order valence-corrected chi connectivity index (χ1v) is 6.46. The van der Waals surface area contributed by atoms with Crippen LogP contribution in [0.4, 0.5) is 4.39 Å². The van der Waals surface area contributed by atoms with Gasteiger partial charge in [-0.05, 0) is 18.2 Å². The van der Waals surface area contributed by atoms with Gasteiger partial charge in [0.05, 0.1) is 23.6 Å². The number of ether oxygens (including phenoxy) is 1. The van der Waals surface area contributed by atoms with Crippen LogP contribution in [0.2, 0.25) is 0 Å². The molecule has 0 bridgehead atoms. The molecular weight excluding hydrogens is 271 g/mol. The summed E-state index contributed by atoms with van der Waals surface area (Å²) >= 11 is 0. The highest BCUT2D eigenvalue weighted by molar-refractivity contribution is 5.80. The first-order chi connectivity index (χ1) is 10.3. The van der Waals surface area contributed by atoms with Gasteiger partial charge in [0.15, 0.2) is 12.5 Å². The second kappa shape index (κ2) is 4.59. The summed E-state index contributed by atoms with van der Waals surface area (Å²) in [6.07, 6.45) is 3.27. The molecule has 2 aromatic carbocycles. The van der Waals surface area contributed by atoms with E-state index in [1.54, 1.807) is 18.6 Å². The molecule has 0 aliphatic heterocycles. The molecule has 104 valence electrons. The van der Waals surface area contributed by atoms with Crippen molar-refractivity contribution in [2.75, 3.05) is 0 Å². The molecule has 0 radical (unpaired) electrons. The quantitative estimate of drug-likeness (QED) is 0.628. The molecule has 4 aromatic rings. The van der Waals surface area contributed by atoms with E-state index in [1.807, 2.05) is 28.8 Å². The zero-order valence-corrected chi connectivity index (χ0v) is 11.0. The standard InChI is InChI=1S/C15H11FN4O/c16-12-6-11(5-10-7-18-19-15(10)12)21-9-20-8-17-13-3-1-2-4-14(13)20/h1-8H,9H2,(H,18,19). The summed E-state index contributed by atoms with van der Waals surface area (Å²) in [5.74, 6) is 0.0784. The number of imidazole rings is 1. The molecule has 0 atom stereocenters. The summed E-state index contributed by atoms with van der Waals surface area (Å²) in [7, 11) is 0. The summed E-state index contributed by atoms with van der Waals surface area (Å²) in [6.45, 7) is 0.267. The van der Waals surface area contributed by atoms with Gasteiger partial charge in [-0.3, -0.25) is 9.67 Å². The lowest BCUT2D eigenvalue weighted by Crippen LogP contribution is -2.03. The van der Waals surface area contributed by atoms with Gasteiger partial charge in [0, 0.05) is 11.5 Å². The number of hydrogen-bond acceptors (Lipinski definition) is 3. The minimum atomic E-state index is -0.379. The Morgan fingerprint density at radius 2 is 2.14 bits per heavy atom. The summed E-state index contributed by atoms with van der Waals surface area (Å²) < 4.78 is 21.4. The van der Waals surface area contributed by atoms with Crippen LogP contribution in [0.1, 0.15) is 0 Å². The molecule has 2 heterocycles. The maximum atomic E-state index is 13.8. The van der Waals surface area contributed by atoms with E-state index < -0.39 is 0 Å². The Bertz CT molecular complexity index is 928. The van der Waals surface area contributed by atoms with Gasteiger partial charge >= 0.3 is 0 Å². The Hall–Kier alpha value is -2.89. The average molecular weight is 282 g/mol. The van der Waals surface area contributed by atoms with Crippen molar-refractivity contribution in [3.8, 4) is 5.75 Å². The first-order valence-electron chi connectivity index (χ1n) is 6.46. The Morgan fingerprint density at radius 3 is 3.10 bits per heavy atom. The van der Waals surface area contributed by atoms with Crippen LogP contribution in [-0.2, 0) is 6.73 Å². The summed E-state index contributed by atoms with van der Waals surface area (Å²) in [5, 5.41) is 7.11. The van der Waals surface area contributed by atoms with Gasteiger partial charge in [0.2, 0.25) is 0 Å². The normalized spacial score (nSPS) is 11.3. The second-order valence-corrected chi connectivity index (χ2v) is 4.72. The molecule has 5 nitrogen and oxygen atoms in total. The van der Waals surface area contributed by atoms with E-state index in [2.05, 4.69) is 15.2 Å². The predicted molar refractivity (Wildman–Crippen MR) is 76.4 cm³/mol. The van der Waals surface area contributed by atoms with Gasteiger partial charge in [-0.1, -0.05) is 12.1 Å². The highest BCUT2D eigenvalue weighted by Gasteiger charge is 2.07. The van der Waals surface area contributed by atoms with Crippen LogP contribution < -0.4 is 4.74 Å². The van der Waals surface area contributed by atoms with Crippen molar-refractivity contribution in [2.24, 2.45) is 0 Å². The van der Waals surface area contributed by atoms with E-state index >= 15 is 0 Å². The van der Waals surface area contributed by atoms with Crippen LogP contribution >= 0.6 is 0 Å². The van der Waals surface area contributed by atoms with Crippen molar-refractivity contribution in [3.63, 3.8) is 0 Å². The minimum Gasteiger partial charge on any atom is -0.473 e. The van der Waals surface area contributed by atoms with Crippen molar-refractivity contribution >= 4 is 21.9 Å². The number of benzene rings is 2. The Kier molecular flexibility index (Phi) is 2.60. The predicted octanol–water partition coefficient (Wildman–Crippen LogP) is 3.09. The first kappa shape index (κ1) is 11.9. The molecule has 4 rings (SSSR count). The van der Waals surface area contributed by atoms with E-state index in [0.29, 0.717) is 16.7 Å². The van der Waals surface area contributed by atoms with Crippen molar-refractivity contribution in [2.45, 2.75) is 6.73 Å². The minimum absolute atomic E-state index is 0.267. The number of hydrogen-bond donors (Lipinski definition) is 1. The lowest BCUT2D eigenvalue weighted by molar-refractivity contribution is 0.240. The van der Waals surface area contributed by atoms with Crippen LogP contribution in [0.15, 0.2) is 48.9 Å². The summed E-state index contributed by atoms with van der Waals surface area (Å²) in [6, 6.07) is 10.9. The molecule has 21 heavy (non-hydrogen) atoms. The summed E-state index contributed by atoms with van der Waals surface area (Å²) in [5.41, 5.74) is 2.26. The van der Waals surface area contributed by atoms with E-state index in [1.165, 1.54) is 6.07 Å². The van der Waals surface area contributed by atoms with Gasteiger partial charge in [-0.25, -0.2) is 9.37 Å². The van der Waals surface area contributed by atoms with Crippen molar-refractivity contribution in [1.82, 2.24) is 19.7 Å². The molecule has 0 unspecified atom stereocenters. The van der Waals surface area contributed by atoms with E-state index in [0.717, 1.165) is 11.0 Å². The lowest BCUT2D eigenvalue weighted by Gasteiger charge is -2.08. The van der Waals surface area contributed by atoms with Crippen LogP contribution in [0.5, 0.6) is 5.75 Å². The molecule has 0 spiro atoms. The Balaban J connectivity index is 1.63. The van der Waals surface area contributed by atoms with Crippen LogP contribution in [-0.4, -0.2) is 19.7 Å². The van der Waals surface area contributed by atoms with Crippen LogP contribution in [0, 0.1) is 5.82 Å². The lowest BCUT2D eigenvalue weighted by atomic mass is 10.2. The van der Waals surface area contributed by atoms with Gasteiger partial charge < -0.3 is 4.74 Å². The zero-order valence-electron chi connectivity index (χ0n) is 11.0. The number of rotatable bonds is 3. The van der Waals surface area contributed by atoms with Gasteiger partial charge in [-0.2, -0.15) is 5.10 Å². The zero-order chi connectivity index (χ0) is 14.2. The number of para-hydroxylation sites is 2. The maximum Gasteiger partial charge on any atom is 0.166 e. The number of H-pyrrole nitrogens is 1. The number of halogens is 1. The third-order valence-electron chi connectivity index (χ3n) is 3.37. The van der Waals surface area contributed by atoms with Gasteiger partial charge in [0.1, 0.15) is 11.3 Å². The molecule has 0 amide bonds. The van der Waals surface area contributed by atoms with E-state index in [9.17, 15) is 4.39 Å². The molecule has 0 fully saturated rings. The molecule has 0 aliphatic carbocycles. The molecule has 0 saturated carbocycles. The fourth-order valence-corrected chi connectivity index (χ4v) is 2.33. The third-order valence-corrected chi connectivity index (χ3v) is 3.37. The Morgan fingerprint density at radius 1 is 1.24 bits per heavy atom. The van der Waals surface area contributed by atoms with Crippen LogP contribution in [0.25, 0.3) is 21.9 Å². The van der Waals surface area contributed by atoms with Crippen molar-refractivity contribution in [1.29, 1.82) is 0 Å². The second-order valence-electron chi connectivity index (χ2n) is 4.72. The number of aromatic nitrogens is 4. The topological polar surface area (TPSA) is 55.7 Å². The van der Waals surface area contributed by atoms with Gasteiger partial charge in [0.25, 0.3) is 0 Å². The van der Waals surface area contributed by atoms with E-state index in [4.69, 9.17) is 4.74 Å². The molecule has 1 N–H and O–H groups in total. The van der Waals surface area contributed by atoms with Crippen molar-refractivity contribution in [3.05, 3.63) is 54.7 Å². The molecule has 2 aromatic heterocycles. The van der Waals surface area contributed by atoms with Crippen molar-refractivity contribution < 1.29 is 9.13 Å². The SMILES string of the molecule is Fc1cc(OCn2cnc3ccccc32)cc2cn[nH]c12.